The summed E-state index contributed by atoms with van der Waals surface area (Å²) in [6.07, 6.45) is 11.6. The fourth-order valence-corrected chi connectivity index (χ4v) is 4.61. The van der Waals surface area contributed by atoms with Crippen LogP contribution in [-0.4, -0.2) is 41.1 Å². The van der Waals surface area contributed by atoms with Gasteiger partial charge in [0.1, 0.15) is 11.7 Å². The van der Waals surface area contributed by atoms with E-state index in [2.05, 4.69) is 6.92 Å². The first-order valence-electron chi connectivity index (χ1n) is 14.6. The van der Waals surface area contributed by atoms with Gasteiger partial charge in [-0.1, -0.05) is 71.1 Å². The zero-order valence-corrected chi connectivity index (χ0v) is 23.2. The Morgan fingerprint density at radius 2 is 1.23 bits per heavy atom. The molecule has 2 aliphatic heterocycles. The van der Waals surface area contributed by atoms with E-state index < -0.39 is 47.8 Å². The number of Topliss-reactive ketones (excluding diaryl/α,β-unsaturated/α-hetero) is 1. The molecule has 0 aromatic rings. The lowest BCUT2D eigenvalue weighted by molar-refractivity contribution is -0.190. The molecule has 220 valence electrons. The third-order valence-corrected chi connectivity index (χ3v) is 6.91. The number of unbranched alkanes of at least 4 members (excludes halogenated alkanes) is 10. The molecule has 1 saturated heterocycles. The van der Waals surface area contributed by atoms with Crippen LogP contribution in [0.2, 0.25) is 0 Å². The van der Waals surface area contributed by atoms with E-state index in [0.29, 0.717) is 19.3 Å². The molecule has 0 amide bonds. The second-order valence-electron chi connectivity index (χ2n) is 10.3. The summed E-state index contributed by atoms with van der Waals surface area (Å²) in [7, 11) is 0. The molecular weight excluding hydrogens is 508 g/mol. The van der Waals surface area contributed by atoms with Gasteiger partial charge in [0.2, 0.25) is 0 Å². The summed E-state index contributed by atoms with van der Waals surface area (Å²) >= 11 is 0. The van der Waals surface area contributed by atoms with Gasteiger partial charge in [-0.25, -0.2) is 0 Å². The number of hydrogen-bond donors (Lipinski definition) is 1. The molecule has 2 aliphatic rings. The average Bonchev–Trinajstić information content (AvgIpc) is 2.97. The molecule has 1 atom stereocenters. The third kappa shape index (κ3) is 12.7. The lowest BCUT2D eigenvalue weighted by atomic mass is 9.93. The standard InChI is InChI=1S/C29H44O10/c1-2-3-4-5-6-7-8-9-10-11-12-17-22(30)21-16-15-20-23(31)36-26(28(35)39-27(21)34)29-37-24(32)18-13-14-19-25(33)38-29/h21,29,35H,2-20H2,1H3/b28-26-. The van der Waals surface area contributed by atoms with Crippen molar-refractivity contribution in [2.24, 2.45) is 5.92 Å². The monoisotopic (exact) mass is 552 g/mol. The van der Waals surface area contributed by atoms with Crippen LogP contribution in [0, 0.1) is 5.92 Å². The van der Waals surface area contributed by atoms with E-state index in [0.717, 1.165) is 19.3 Å². The van der Waals surface area contributed by atoms with Gasteiger partial charge in [-0.05, 0) is 32.1 Å². The van der Waals surface area contributed by atoms with Gasteiger partial charge in [-0.2, -0.15) is 0 Å². The molecule has 10 heteroatoms. The number of ether oxygens (including phenoxy) is 4. The number of rotatable bonds is 14. The first-order chi connectivity index (χ1) is 18.8. The Kier molecular flexibility index (Phi) is 15.2. The number of aliphatic hydroxyl groups excluding tert-OH is 1. The highest BCUT2D eigenvalue weighted by molar-refractivity contribution is 5.99. The van der Waals surface area contributed by atoms with E-state index in [-0.39, 0.29) is 44.3 Å². The predicted molar refractivity (Wildman–Crippen MR) is 140 cm³/mol. The van der Waals surface area contributed by atoms with Gasteiger partial charge in [0.25, 0.3) is 5.76 Å². The molecule has 1 unspecified atom stereocenters. The van der Waals surface area contributed by atoms with Crippen LogP contribution in [0.5, 0.6) is 0 Å². The minimum Gasteiger partial charge on any atom is -0.478 e. The van der Waals surface area contributed by atoms with Gasteiger partial charge >= 0.3 is 36.1 Å². The fourth-order valence-electron chi connectivity index (χ4n) is 4.61. The second kappa shape index (κ2) is 18.4. The Labute approximate surface area is 230 Å². The van der Waals surface area contributed by atoms with Gasteiger partial charge < -0.3 is 24.1 Å². The Hall–Kier alpha value is -2.91. The lowest BCUT2D eigenvalue weighted by Crippen LogP contribution is -2.32. The highest BCUT2D eigenvalue weighted by atomic mass is 16.7. The van der Waals surface area contributed by atoms with Crippen LogP contribution >= 0.6 is 0 Å². The first-order valence-corrected chi connectivity index (χ1v) is 14.6. The number of aliphatic hydroxyl groups is 1. The van der Waals surface area contributed by atoms with Crippen LogP contribution in [0.15, 0.2) is 11.7 Å². The largest absolute Gasteiger partial charge is 0.478 e. The number of cyclic esters (lactones) is 4. The van der Waals surface area contributed by atoms with E-state index in [9.17, 15) is 29.1 Å². The topological polar surface area (TPSA) is 143 Å². The van der Waals surface area contributed by atoms with Crippen molar-refractivity contribution in [1.29, 1.82) is 0 Å². The fraction of sp³-hybridized carbons (Fsp3) is 0.759. The summed E-state index contributed by atoms with van der Waals surface area (Å²) in [4.78, 5) is 62.1. The van der Waals surface area contributed by atoms with E-state index in [1.807, 2.05) is 0 Å². The molecule has 0 spiro atoms. The maximum atomic E-state index is 12.9. The van der Waals surface area contributed by atoms with Gasteiger partial charge in [0.15, 0.2) is 0 Å². The zero-order valence-electron chi connectivity index (χ0n) is 23.2. The number of hydrogen-bond acceptors (Lipinski definition) is 10. The summed E-state index contributed by atoms with van der Waals surface area (Å²) in [5.41, 5.74) is 0. The minimum absolute atomic E-state index is 0.00939. The zero-order chi connectivity index (χ0) is 28.5. The molecule has 1 N–H and O–H groups in total. The van der Waals surface area contributed by atoms with Crippen molar-refractivity contribution in [3.05, 3.63) is 11.7 Å². The summed E-state index contributed by atoms with van der Waals surface area (Å²) in [5.74, 6) is -6.78. The predicted octanol–water partition coefficient (Wildman–Crippen LogP) is 5.86. The van der Waals surface area contributed by atoms with E-state index in [4.69, 9.17) is 18.9 Å². The Bertz CT molecular complexity index is 842. The average molecular weight is 553 g/mol. The number of carbonyl (C=O) groups is 5. The third-order valence-electron chi connectivity index (χ3n) is 6.91. The van der Waals surface area contributed by atoms with Crippen molar-refractivity contribution in [3.63, 3.8) is 0 Å². The Morgan fingerprint density at radius 1 is 0.718 bits per heavy atom. The molecular formula is C29H44O10. The second-order valence-corrected chi connectivity index (χ2v) is 10.3. The van der Waals surface area contributed by atoms with Crippen molar-refractivity contribution in [2.75, 3.05) is 0 Å². The molecule has 0 aromatic carbocycles. The SMILES string of the molecule is CCCCCCCCCCCCCC(=O)C1CCCC(=O)O/C(C2OC(=O)CCCCC(=O)O2)=C(/O)OC1=O. The number of carbonyl (C=O) groups excluding carboxylic acids is 5. The van der Waals surface area contributed by atoms with Crippen molar-refractivity contribution < 1.29 is 48.0 Å². The summed E-state index contributed by atoms with van der Waals surface area (Å²) in [5, 5.41) is 10.5. The highest BCUT2D eigenvalue weighted by Crippen LogP contribution is 2.25. The quantitative estimate of drug-likeness (QED) is 0.120. The molecule has 0 bridgehead atoms. The van der Waals surface area contributed by atoms with Crippen LogP contribution in [0.4, 0.5) is 0 Å². The van der Waals surface area contributed by atoms with Crippen LogP contribution in [0.3, 0.4) is 0 Å². The van der Waals surface area contributed by atoms with E-state index >= 15 is 0 Å². The van der Waals surface area contributed by atoms with Crippen LogP contribution in [-0.2, 0) is 42.9 Å². The summed E-state index contributed by atoms with van der Waals surface area (Å²) < 4.78 is 20.2. The summed E-state index contributed by atoms with van der Waals surface area (Å²) in [6, 6.07) is 0. The minimum atomic E-state index is -1.90. The van der Waals surface area contributed by atoms with Gasteiger partial charge in [0.05, 0.1) is 0 Å². The molecule has 0 saturated carbocycles. The van der Waals surface area contributed by atoms with Crippen molar-refractivity contribution in [1.82, 2.24) is 0 Å². The Balaban J connectivity index is 1.91. The van der Waals surface area contributed by atoms with Crippen molar-refractivity contribution in [3.8, 4) is 0 Å². The number of esters is 4. The smallest absolute Gasteiger partial charge is 0.333 e. The van der Waals surface area contributed by atoms with Crippen LogP contribution in [0.25, 0.3) is 0 Å². The van der Waals surface area contributed by atoms with E-state index in [1.54, 1.807) is 0 Å². The van der Waals surface area contributed by atoms with E-state index in [1.165, 1.54) is 44.9 Å². The van der Waals surface area contributed by atoms with Gasteiger partial charge in [-0.15, -0.1) is 0 Å². The number of ketones is 1. The van der Waals surface area contributed by atoms with Crippen LogP contribution < -0.4 is 0 Å². The van der Waals surface area contributed by atoms with Crippen LogP contribution in [0.1, 0.15) is 129 Å². The molecule has 1 fully saturated rings. The molecule has 2 heterocycles. The van der Waals surface area contributed by atoms with Crippen molar-refractivity contribution in [2.45, 2.75) is 135 Å². The van der Waals surface area contributed by atoms with Gasteiger partial charge in [0, 0.05) is 25.7 Å². The Morgan fingerprint density at radius 3 is 1.79 bits per heavy atom. The summed E-state index contributed by atoms with van der Waals surface area (Å²) in [6.45, 7) is 2.21. The molecule has 0 aromatic heterocycles. The highest BCUT2D eigenvalue weighted by Gasteiger charge is 2.36. The molecule has 0 radical (unpaired) electrons. The van der Waals surface area contributed by atoms with Gasteiger partial charge in [-0.3, -0.25) is 24.0 Å². The maximum Gasteiger partial charge on any atom is 0.333 e. The normalized spacial score (nSPS) is 22.0. The molecule has 10 nitrogen and oxygen atoms in total. The molecule has 39 heavy (non-hydrogen) atoms. The molecule has 0 aliphatic carbocycles. The molecule has 2 rings (SSSR count). The van der Waals surface area contributed by atoms with Crippen molar-refractivity contribution >= 4 is 29.7 Å². The first kappa shape index (κ1) is 32.3. The maximum absolute atomic E-state index is 12.9. The lowest BCUT2D eigenvalue weighted by Gasteiger charge is -2.22.